The molecule has 0 aromatic heterocycles. The minimum absolute atomic E-state index is 0.123. The zero-order valence-electron chi connectivity index (χ0n) is 16.6. The maximum atomic E-state index is 13.2. The number of imide groups is 1. The molecule has 3 N–H and O–H groups in total. The molecule has 154 valence electrons. The molecule has 2 aromatic rings. The maximum Gasteiger partial charge on any atom is 0.255 e. The molecule has 0 bridgehead atoms. The molecule has 0 saturated carbocycles. The second-order valence-corrected chi connectivity index (χ2v) is 8.09. The van der Waals surface area contributed by atoms with Gasteiger partial charge >= 0.3 is 0 Å². The molecule has 3 aliphatic rings. The van der Waals surface area contributed by atoms with Crippen molar-refractivity contribution in [2.75, 3.05) is 11.9 Å². The van der Waals surface area contributed by atoms with Gasteiger partial charge in [-0.05, 0) is 35.6 Å². The smallest absolute Gasteiger partial charge is 0.255 e. The molecule has 1 fully saturated rings. The predicted molar refractivity (Wildman–Crippen MR) is 112 cm³/mol. The molecular weight excluding hydrogens is 380 g/mol. The summed E-state index contributed by atoms with van der Waals surface area (Å²) in [6.07, 6.45) is 1.62. The fourth-order valence-electron chi connectivity index (χ4n) is 4.75. The van der Waals surface area contributed by atoms with E-state index in [4.69, 9.17) is 0 Å². The van der Waals surface area contributed by atoms with Crippen molar-refractivity contribution in [1.82, 2.24) is 15.5 Å². The fourth-order valence-corrected chi connectivity index (χ4v) is 4.75. The molecule has 0 aliphatic carbocycles. The molecule has 3 heterocycles. The topological polar surface area (TPSA) is 90.5 Å². The van der Waals surface area contributed by atoms with Crippen molar-refractivity contribution in [3.05, 3.63) is 64.7 Å². The minimum Gasteiger partial charge on any atom is -0.385 e. The quantitative estimate of drug-likeness (QED) is 0.679. The predicted octanol–water partition coefficient (Wildman–Crippen LogP) is 2.09. The maximum absolute atomic E-state index is 13.2. The summed E-state index contributed by atoms with van der Waals surface area (Å²) in [5.74, 6) is -0.770. The Hall–Kier alpha value is -3.19. The van der Waals surface area contributed by atoms with Crippen LogP contribution < -0.4 is 16.0 Å². The molecular formula is C23H24N4O3. The van der Waals surface area contributed by atoms with Gasteiger partial charge in [0.2, 0.25) is 11.8 Å². The number of nitrogens with one attached hydrogen (secondary N) is 3. The Bertz CT molecular complexity index is 1030. The number of hydrogen-bond donors (Lipinski definition) is 3. The summed E-state index contributed by atoms with van der Waals surface area (Å²) >= 11 is 0. The number of anilines is 1. The van der Waals surface area contributed by atoms with E-state index in [0.29, 0.717) is 25.1 Å². The van der Waals surface area contributed by atoms with E-state index >= 15 is 0 Å². The third kappa shape index (κ3) is 3.25. The zero-order valence-corrected chi connectivity index (χ0v) is 16.6. The van der Waals surface area contributed by atoms with Gasteiger partial charge in [-0.1, -0.05) is 36.4 Å². The molecule has 7 heteroatoms. The van der Waals surface area contributed by atoms with Crippen molar-refractivity contribution in [2.24, 2.45) is 0 Å². The summed E-state index contributed by atoms with van der Waals surface area (Å²) in [5, 5.41) is 9.40. The van der Waals surface area contributed by atoms with Crippen LogP contribution in [0.3, 0.4) is 0 Å². The number of carbonyl (C=O) groups is 3. The van der Waals surface area contributed by atoms with E-state index in [9.17, 15) is 14.4 Å². The van der Waals surface area contributed by atoms with E-state index in [1.807, 2.05) is 30.3 Å². The average Bonchev–Trinajstić information content (AvgIpc) is 3.09. The van der Waals surface area contributed by atoms with Crippen LogP contribution in [0.15, 0.2) is 42.5 Å². The number of rotatable bonds is 4. The Morgan fingerprint density at radius 1 is 1.03 bits per heavy atom. The Morgan fingerprint density at radius 2 is 1.90 bits per heavy atom. The number of piperidine rings is 1. The summed E-state index contributed by atoms with van der Waals surface area (Å²) in [6, 6.07) is 13.8. The first-order valence-corrected chi connectivity index (χ1v) is 10.4. The number of nitrogens with zero attached hydrogens (tertiary/aromatic N) is 1. The van der Waals surface area contributed by atoms with E-state index < -0.39 is 6.04 Å². The van der Waals surface area contributed by atoms with Crippen molar-refractivity contribution < 1.29 is 14.4 Å². The van der Waals surface area contributed by atoms with Crippen LogP contribution >= 0.6 is 0 Å². The molecule has 1 saturated heterocycles. The first kappa shape index (κ1) is 18.8. The van der Waals surface area contributed by atoms with Gasteiger partial charge < -0.3 is 15.5 Å². The number of fused-ring (bicyclic) bond motifs is 2. The van der Waals surface area contributed by atoms with E-state index in [1.165, 1.54) is 5.56 Å². The molecule has 2 atom stereocenters. The van der Waals surface area contributed by atoms with Gasteiger partial charge in [0.15, 0.2) is 0 Å². The van der Waals surface area contributed by atoms with Crippen LogP contribution in [0, 0.1) is 0 Å². The normalized spacial score (nSPS) is 22.9. The number of para-hydroxylation sites is 1. The van der Waals surface area contributed by atoms with Crippen molar-refractivity contribution in [2.45, 2.75) is 44.4 Å². The molecule has 2 aromatic carbocycles. The molecule has 0 spiro atoms. The second kappa shape index (κ2) is 7.57. The Labute approximate surface area is 174 Å². The lowest BCUT2D eigenvalue weighted by molar-refractivity contribution is -0.136. The number of benzene rings is 2. The summed E-state index contributed by atoms with van der Waals surface area (Å²) in [4.78, 5) is 38.6. The molecule has 7 nitrogen and oxygen atoms in total. The molecule has 3 amide bonds. The molecule has 30 heavy (non-hydrogen) atoms. The Morgan fingerprint density at radius 3 is 2.77 bits per heavy atom. The van der Waals surface area contributed by atoms with Gasteiger partial charge in [-0.15, -0.1) is 0 Å². The zero-order chi connectivity index (χ0) is 20.7. The summed E-state index contributed by atoms with van der Waals surface area (Å²) in [7, 11) is 0. The van der Waals surface area contributed by atoms with Crippen molar-refractivity contribution in [3.63, 3.8) is 0 Å². The van der Waals surface area contributed by atoms with Crippen LogP contribution in [0.4, 0.5) is 5.69 Å². The number of carbonyl (C=O) groups excluding carboxylic acids is 3. The Kier molecular flexibility index (Phi) is 4.75. The van der Waals surface area contributed by atoms with E-state index in [0.717, 1.165) is 29.8 Å². The van der Waals surface area contributed by atoms with Crippen LogP contribution in [-0.4, -0.2) is 35.2 Å². The SMILES string of the molecule is O=C1CCC(N2Cc3cccc(CNC4CCNc5ccccc54)c3C2=O)C(=O)N1. The van der Waals surface area contributed by atoms with Crippen molar-refractivity contribution in [3.8, 4) is 0 Å². The molecule has 3 aliphatic heterocycles. The van der Waals surface area contributed by atoms with Gasteiger partial charge in [-0.25, -0.2) is 0 Å². The van der Waals surface area contributed by atoms with Crippen molar-refractivity contribution in [1.29, 1.82) is 0 Å². The van der Waals surface area contributed by atoms with Gasteiger partial charge in [-0.3, -0.25) is 19.7 Å². The lowest BCUT2D eigenvalue weighted by Gasteiger charge is -2.29. The summed E-state index contributed by atoms with van der Waals surface area (Å²) < 4.78 is 0. The average molecular weight is 404 g/mol. The van der Waals surface area contributed by atoms with Gasteiger partial charge in [0.1, 0.15) is 6.04 Å². The van der Waals surface area contributed by atoms with Gasteiger partial charge in [-0.2, -0.15) is 0 Å². The fraction of sp³-hybridized carbons (Fsp3) is 0.348. The highest BCUT2D eigenvalue weighted by Gasteiger charge is 2.40. The van der Waals surface area contributed by atoms with Crippen LogP contribution in [0.2, 0.25) is 0 Å². The molecule has 2 unspecified atom stereocenters. The standard InChI is InChI=1S/C23H24N4O3/c28-20-9-8-19(22(29)26-20)27-13-15-5-3-4-14(21(15)23(27)30)12-25-18-10-11-24-17-7-2-1-6-16(17)18/h1-7,18-19,24-25H,8-13H2,(H,26,28,29). The van der Waals surface area contributed by atoms with Crippen molar-refractivity contribution >= 4 is 23.4 Å². The van der Waals surface area contributed by atoms with E-state index in [-0.39, 0.29) is 30.2 Å². The number of hydrogen-bond acceptors (Lipinski definition) is 5. The third-order valence-corrected chi connectivity index (χ3v) is 6.26. The Balaban J connectivity index is 1.35. The molecule has 0 radical (unpaired) electrons. The summed E-state index contributed by atoms with van der Waals surface area (Å²) in [5.41, 5.74) is 4.97. The molecule has 5 rings (SSSR count). The monoisotopic (exact) mass is 404 g/mol. The lowest BCUT2D eigenvalue weighted by Crippen LogP contribution is -2.52. The lowest BCUT2D eigenvalue weighted by atomic mass is 9.97. The van der Waals surface area contributed by atoms with E-state index in [2.05, 4.69) is 28.1 Å². The van der Waals surface area contributed by atoms with E-state index in [1.54, 1.807) is 4.90 Å². The van der Waals surface area contributed by atoms with Crippen LogP contribution in [-0.2, 0) is 22.7 Å². The number of amides is 3. The third-order valence-electron chi connectivity index (χ3n) is 6.26. The largest absolute Gasteiger partial charge is 0.385 e. The highest BCUT2D eigenvalue weighted by molar-refractivity contribution is 6.06. The summed E-state index contributed by atoms with van der Waals surface area (Å²) in [6.45, 7) is 1.89. The first-order valence-electron chi connectivity index (χ1n) is 10.4. The first-order chi connectivity index (χ1) is 14.6. The second-order valence-electron chi connectivity index (χ2n) is 8.09. The van der Waals surface area contributed by atoms with Crippen LogP contribution in [0.5, 0.6) is 0 Å². The van der Waals surface area contributed by atoms with Gasteiger partial charge in [0, 0.05) is 43.3 Å². The van der Waals surface area contributed by atoms with Crippen LogP contribution in [0.1, 0.15) is 52.4 Å². The van der Waals surface area contributed by atoms with Gasteiger partial charge in [0.25, 0.3) is 5.91 Å². The highest BCUT2D eigenvalue weighted by Crippen LogP contribution is 2.32. The minimum atomic E-state index is -0.584. The highest BCUT2D eigenvalue weighted by atomic mass is 16.2. The van der Waals surface area contributed by atoms with Gasteiger partial charge in [0.05, 0.1) is 0 Å². The van der Waals surface area contributed by atoms with Crippen LogP contribution in [0.25, 0.3) is 0 Å².